The number of pyridine rings is 1. The summed E-state index contributed by atoms with van der Waals surface area (Å²) in [5, 5.41) is 0. The van der Waals surface area contributed by atoms with E-state index in [0.29, 0.717) is 24.8 Å². The van der Waals surface area contributed by atoms with Crippen LogP contribution in [0.2, 0.25) is 0 Å². The van der Waals surface area contributed by atoms with Crippen LogP contribution < -0.4 is 4.90 Å². The van der Waals surface area contributed by atoms with Crippen LogP contribution in [0.25, 0.3) is 0 Å². The van der Waals surface area contributed by atoms with Gasteiger partial charge in [-0.3, -0.25) is 4.98 Å². The molecule has 7 nitrogen and oxygen atoms in total. The summed E-state index contributed by atoms with van der Waals surface area (Å²) in [7, 11) is -3.39. The lowest BCUT2D eigenvalue weighted by Gasteiger charge is -2.34. The van der Waals surface area contributed by atoms with Crippen molar-refractivity contribution in [2.75, 3.05) is 24.2 Å². The Hall–Kier alpha value is -2.06. The summed E-state index contributed by atoms with van der Waals surface area (Å²) in [4.78, 5) is 14.7. The molecule has 0 aromatic carbocycles. The summed E-state index contributed by atoms with van der Waals surface area (Å²) in [6.07, 6.45) is 7.99. The van der Waals surface area contributed by atoms with Gasteiger partial charge < -0.3 is 9.64 Å². The minimum absolute atomic E-state index is 0.0247. The number of piperidine rings is 1. The number of rotatable bonds is 5. The topological polar surface area (TPSA) is 85.3 Å². The van der Waals surface area contributed by atoms with Crippen LogP contribution >= 0.6 is 0 Å². The fourth-order valence-electron chi connectivity index (χ4n) is 2.90. The Morgan fingerprint density at radius 1 is 1.36 bits per heavy atom. The lowest BCUT2D eigenvalue weighted by molar-refractivity contribution is 0.0312. The maximum absolute atomic E-state index is 12.1. The van der Waals surface area contributed by atoms with Crippen molar-refractivity contribution in [1.82, 2.24) is 15.0 Å². The predicted octanol–water partition coefficient (Wildman–Crippen LogP) is 1.77. The number of hydrogen-bond donors (Lipinski definition) is 0. The summed E-state index contributed by atoms with van der Waals surface area (Å²) in [5.41, 5.74) is 1.02. The first kappa shape index (κ1) is 17.8. The molecule has 2 aromatic rings. The van der Waals surface area contributed by atoms with Crippen LogP contribution in [0, 0.1) is 6.92 Å². The van der Waals surface area contributed by atoms with Gasteiger partial charge in [0.15, 0.2) is 15.7 Å². The Kier molecular flexibility index (Phi) is 5.29. The van der Waals surface area contributed by atoms with E-state index in [1.807, 2.05) is 17.0 Å². The van der Waals surface area contributed by atoms with E-state index in [1.54, 1.807) is 19.3 Å². The maximum atomic E-state index is 12.1. The molecule has 3 heterocycles. The minimum Gasteiger partial charge on any atom is -0.372 e. The number of hydrogen-bond acceptors (Lipinski definition) is 7. The first-order chi connectivity index (χ1) is 11.9. The Balaban J connectivity index is 1.74. The molecule has 1 saturated heterocycles. The Bertz CT molecular complexity index is 827. The van der Waals surface area contributed by atoms with E-state index in [9.17, 15) is 8.42 Å². The molecule has 0 unspecified atom stereocenters. The average Bonchev–Trinajstić information content (AvgIpc) is 2.60. The summed E-state index contributed by atoms with van der Waals surface area (Å²) in [6, 6.07) is 3.86. The van der Waals surface area contributed by atoms with Crippen molar-refractivity contribution in [1.29, 1.82) is 0 Å². The number of sulfone groups is 1. The van der Waals surface area contributed by atoms with Gasteiger partial charge in [-0.15, -0.1) is 0 Å². The molecule has 134 valence electrons. The third-order valence-corrected chi connectivity index (χ3v) is 5.23. The number of nitrogens with zero attached hydrogens (tertiary/aromatic N) is 4. The van der Waals surface area contributed by atoms with Gasteiger partial charge in [0.25, 0.3) is 0 Å². The number of ether oxygens (including phenoxy) is 1. The quantitative estimate of drug-likeness (QED) is 0.801. The van der Waals surface area contributed by atoms with E-state index < -0.39 is 9.84 Å². The first-order valence-corrected chi connectivity index (χ1v) is 10.1. The smallest absolute Gasteiger partial charge is 0.180 e. The van der Waals surface area contributed by atoms with Crippen molar-refractivity contribution in [3.8, 4) is 0 Å². The van der Waals surface area contributed by atoms with Gasteiger partial charge in [0.1, 0.15) is 10.7 Å². The highest BCUT2D eigenvalue weighted by Gasteiger charge is 2.26. The van der Waals surface area contributed by atoms with Gasteiger partial charge in [0, 0.05) is 31.7 Å². The fraction of sp³-hybridized carbons (Fsp3) is 0.471. The maximum Gasteiger partial charge on any atom is 0.180 e. The highest BCUT2D eigenvalue weighted by molar-refractivity contribution is 7.90. The van der Waals surface area contributed by atoms with E-state index in [4.69, 9.17) is 4.74 Å². The van der Waals surface area contributed by atoms with Crippen LogP contribution in [-0.2, 0) is 21.2 Å². The van der Waals surface area contributed by atoms with Crippen LogP contribution in [0.15, 0.2) is 35.6 Å². The third kappa shape index (κ3) is 4.52. The summed E-state index contributed by atoms with van der Waals surface area (Å²) in [6.45, 7) is 3.62. The van der Waals surface area contributed by atoms with Crippen LogP contribution in [0.1, 0.15) is 24.2 Å². The zero-order valence-corrected chi connectivity index (χ0v) is 15.2. The van der Waals surface area contributed by atoms with Crippen molar-refractivity contribution >= 4 is 15.7 Å². The largest absolute Gasteiger partial charge is 0.372 e. The molecule has 0 spiro atoms. The highest BCUT2D eigenvalue weighted by atomic mass is 32.2. The summed E-state index contributed by atoms with van der Waals surface area (Å²) in [5.74, 6) is 1.03. The SMILES string of the molecule is Cc1ncc(S(C)(=O)=O)c(N2CCC[C@H](OCc3cccnc3)C2)n1. The Labute approximate surface area is 148 Å². The molecule has 25 heavy (non-hydrogen) atoms. The predicted molar refractivity (Wildman–Crippen MR) is 94.1 cm³/mol. The van der Waals surface area contributed by atoms with Crippen LogP contribution in [-0.4, -0.2) is 48.8 Å². The van der Waals surface area contributed by atoms with Crippen molar-refractivity contribution in [3.05, 3.63) is 42.1 Å². The molecule has 1 fully saturated rings. The van der Waals surface area contributed by atoms with Gasteiger partial charge in [-0.05, 0) is 31.4 Å². The van der Waals surface area contributed by atoms with Crippen LogP contribution in [0.5, 0.6) is 0 Å². The average molecular weight is 362 g/mol. The molecular weight excluding hydrogens is 340 g/mol. The third-order valence-electron chi connectivity index (χ3n) is 4.14. The number of anilines is 1. The van der Waals surface area contributed by atoms with Crippen molar-refractivity contribution < 1.29 is 13.2 Å². The molecule has 0 N–H and O–H groups in total. The van der Waals surface area contributed by atoms with Crippen LogP contribution in [0.4, 0.5) is 5.82 Å². The Morgan fingerprint density at radius 2 is 2.20 bits per heavy atom. The van der Waals surface area contributed by atoms with E-state index in [2.05, 4.69) is 15.0 Å². The van der Waals surface area contributed by atoms with Gasteiger partial charge in [0.2, 0.25) is 0 Å². The van der Waals surface area contributed by atoms with Gasteiger partial charge in [0.05, 0.1) is 18.9 Å². The van der Waals surface area contributed by atoms with E-state index in [1.165, 1.54) is 12.5 Å². The fourth-order valence-corrected chi connectivity index (χ4v) is 3.65. The molecule has 0 aliphatic carbocycles. The van der Waals surface area contributed by atoms with Gasteiger partial charge in [-0.25, -0.2) is 18.4 Å². The normalized spacial score (nSPS) is 18.3. The second kappa shape index (κ2) is 7.45. The zero-order chi connectivity index (χ0) is 17.9. The molecule has 0 bridgehead atoms. The lowest BCUT2D eigenvalue weighted by Crippen LogP contribution is -2.41. The standard InChI is InChI=1S/C17H22N4O3S/c1-13-19-10-16(25(2,22)23)17(20-13)21-8-4-6-15(11-21)24-12-14-5-3-7-18-9-14/h3,5,7,9-10,15H,4,6,8,11-12H2,1-2H3/t15-/m0/s1. The van der Waals surface area contributed by atoms with E-state index in [-0.39, 0.29) is 11.0 Å². The van der Waals surface area contributed by atoms with Crippen molar-refractivity contribution in [3.63, 3.8) is 0 Å². The summed E-state index contributed by atoms with van der Waals surface area (Å²) >= 11 is 0. The molecule has 0 radical (unpaired) electrons. The molecule has 1 aliphatic rings. The van der Waals surface area contributed by atoms with Gasteiger partial charge >= 0.3 is 0 Å². The van der Waals surface area contributed by atoms with Gasteiger partial charge in [-0.2, -0.15) is 0 Å². The molecule has 2 aromatic heterocycles. The second-order valence-corrected chi connectivity index (χ2v) is 8.24. The Morgan fingerprint density at radius 3 is 2.92 bits per heavy atom. The van der Waals surface area contributed by atoms with Gasteiger partial charge in [-0.1, -0.05) is 6.07 Å². The molecular formula is C17H22N4O3S. The second-order valence-electron chi connectivity index (χ2n) is 6.26. The highest BCUT2D eigenvalue weighted by Crippen LogP contribution is 2.26. The lowest BCUT2D eigenvalue weighted by atomic mass is 10.1. The van der Waals surface area contributed by atoms with E-state index in [0.717, 1.165) is 24.9 Å². The molecule has 1 atom stereocenters. The van der Waals surface area contributed by atoms with Crippen molar-refractivity contribution in [2.24, 2.45) is 0 Å². The number of aromatic nitrogens is 3. The summed E-state index contributed by atoms with van der Waals surface area (Å²) < 4.78 is 30.1. The number of aryl methyl sites for hydroxylation is 1. The van der Waals surface area contributed by atoms with Crippen molar-refractivity contribution in [2.45, 2.75) is 37.4 Å². The molecule has 0 saturated carbocycles. The van der Waals surface area contributed by atoms with Crippen LogP contribution in [0.3, 0.4) is 0 Å². The molecule has 3 rings (SSSR count). The first-order valence-electron chi connectivity index (χ1n) is 8.22. The zero-order valence-electron chi connectivity index (χ0n) is 14.4. The molecule has 1 aliphatic heterocycles. The minimum atomic E-state index is -3.39. The van der Waals surface area contributed by atoms with E-state index >= 15 is 0 Å². The monoisotopic (exact) mass is 362 g/mol. The molecule has 8 heteroatoms. The molecule has 0 amide bonds.